The minimum absolute atomic E-state index is 0.355. The number of nitrogens with zero attached hydrogens (tertiary/aromatic N) is 1. The Bertz CT molecular complexity index is 520. The Morgan fingerprint density at radius 1 is 1.25 bits per heavy atom. The zero-order chi connectivity index (χ0) is 15.0. The van der Waals surface area contributed by atoms with Gasteiger partial charge in [-0.2, -0.15) is 0 Å². The maximum absolute atomic E-state index is 12.4. The number of carboxylic acid groups (broad SMARTS) is 1. The normalized spacial score (nSPS) is 11.8. The number of hydrogen-bond donors (Lipinski definition) is 1. The highest BCUT2D eigenvalue weighted by atomic mass is 16.4. The van der Waals surface area contributed by atoms with Crippen molar-refractivity contribution in [2.24, 2.45) is 0 Å². The molecule has 1 aromatic carbocycles. The topological polar surface area (TPSA) is 57.6 Å². The quantitative estimate of drug-likeness (QED) is 0.612. The molecule has 1 amide bonds. The maximum Gasteiger partial charge on any atom is 0.323 e. The highest BCUT2D eigenvalue weighted by molar-refractivity contribution is 5.96. The summed E-state index contributed by atoms with van der Waals surface area (Å²) in [6.45, 7) is 6.80. The van der Waals surface area contributed by atoms with Gasteiger partial charge in [0.2, 0.25) is 0 Å². The Morgan fingerprint density at radius 3 is 2.40 bits per heavy atom. The average molecular weight is 271 g/mol. The second-order valence-corrected chi connectivity index (χ2v) is 4.04. The number of amides is 1. The first-order valence-corrected chi connectivity index (χ1v) is 6.09. The molecular formula is C16H17NO3. The van der Waals surface area contributed by atoms with Crippen molar-refractivity contribution in [3.63, 3.8) is 0 Å². The van der Waals surface area contributed by atoms with E-state index in [-0.39, 0.29) is 5.91 Å². The van der Waals surface area contributed by atoms with Crippen molar-refractivity contribution >= 4 is 11.9 Å². The first-order valence-electron chi connectivity index (χ1n) is 6.09. The van der Waals surface area contributed by atoms with Crippen LogP contribution in [0.5, 0.6) is 0 Å². The van der Waals surface area contributed by atoms with Crippen LogP contribution in [0.2, 0.25) is 0 Å². The van der Waals surface area contributed by atoms with E-state index in [1.165, 1.54) is 11.0 Å². The van der Waals surface area contributed by atoms with Crippen LogP contribution in [0.15, 0.2) is 67.8 Å². The van der Waals surface area contributed by atoms with Gasteiger partial charge >= 0.3 is 5.97 Å². The maximum atomic E-state index is 12.4. The number of carbonyl (C=O) groups is 2. The molecule has 104 valence electrons. The molecule has 1 aromatic rings. The van der Waals surface area contributed by atoms with Crippen molar-refractivity contribution in [2.45, 2.75) is 6.04 Å². The molecule has 1 rings (SSSR count). The minimum atomic E-state index is -1.08. The summed E-state index contributed by atoms with van der Waals surface area (Å²) in [5.74, 6) is -1.43. The third kappa shape index (κ3) is 4.24. The molecule has 4 heteroatoms. The number of rotatable bonds is 7. The number of benzene rings is 1. The van der Waals surface area contributed by atoms with Crippen LogP contribution in [0.4, 0.5) is 0 Å². The van der Waals surface area contributed by atoms with Crippen LogP contribution in [-0.4, -0.2) is 34.5 Å². The van der Waals surface area contributed by atoms with Crippen LogP contribution in [-0.2, 0) is 4.79 Å². The molecule has 0 bridgehead atoms. The molecule has 1 N–H and O–H groups in total. The van der Waals surface area contributed by atoms with Gasteiger partial charge in [-0.25, -0.2) is 0 Å². The van der Waals surface area contributed by atoms with Crippen molar-refractivity contribution in [2.75, 3.05) is 6.54 Å². The van der Waals surface area contributed by atoms with Crippen LogP contribution >= 0.6 is 0 Å². The summed E-state index contributed by atoms with van der Waals surface area (Å²) in [6.07, 6.45) is 6.40. The van der Waals surface area contributed by atoms with Crippen molar-refractivity contribution in [3.8, 4) is 0 Å². The molecule has 0 aliphatic rings. The van der Waals surface area contributed by atoms with Crippen LogP contribution in [0.3, 0.4) is 0 Å². The number of carbonyl (C=O) groups excluding carboxylic acids is 1. The number of hydrogen-bond acceptors (Lipinski definition) is 2. The average Bonchev–Trinajstić information content (AvgIpc) is 2.46. The fourth-order valence-electron chi connectivity index (χ4n) is 1.71. The molecule has 0 fully saturated rings. The standard InChI is InChI=1S/C16H17NO3/c1-3-5-11-14(4-2)17(12-15(18)19)16(20)13-9-7-6-8-10-13/h3-11,14H,1-2,12H2,(H,18,19)/b11-5+. The van der Waals surface area contributed by atoms with Crippen LogP contribution in [0.1, 0.15) is 10.4 Å². The third-order valence-electron chi connectivity index (χ3n) is 2.63. The predicted octanol–water partition coefficient (Wildman–Crippen LogP) is 2.51. The van der Waals surface area contributed by atoms with Crippen LogP contribution in [0.25, 0.3) is 0 Å². The second-order valence-electron chi connectivity index (χ2n) is 4.04. The van der Waals surface area contributed by atoms with E-state index in [9.17, 15) is 9.59 Å². The molecule has 4 nitrogen and oxygen atoms in total. The summed E-state index contributed by atoms with van der Waals surface area (Å²) in [7, 11) is 0. The zero-order valence-corrected chi connectivity index (χ0v) is 11.1. The van der Waals surface area contributed by atoms with Crippen molar-refractivity contribution in [1.29, 1.82) is 0 Å². The largest absolute Gasteiger partial charge is 0.480 e. The van der Waals surface area contributed by atoms with E-state index in [0.717, 1.165) is 0 Å². The van der Waals surface area contributed by atoms with E-state index in [4.69, 9.17) is 5.11 Å². The lowest BCUT2D eigenvalue weighted by atomic mass is 10.1. The SMILES string of the molecule is C=C/C=C/C(C=C)N(CC(=O)O)C(=O)c1ccccc1. The summed E-state index contributed by atoms with van der Waals surface area (Å²) in [4.78, 5) is 24.6. The molecule has 1 atom stereocenters. The first-order chi connectivity index (χ1) is 9.60. The predicted molar refractivity (Wildman–Crippen MR) is 78.4 cm³/mol. The lowest BCUT2D eigenvalue weighted by molar-refractivity contribution is -0.137. The smallest absolute Gasteiger partial charge is 0.323 e. The highest BCUT2D eigenvalue weighted by Crippen LogP contribution is 2.10. The molecule has 1 unspecified atom stereocenters. The third-order valence-corrected chi connectivity index (χ3v) is 2.63. The Labute approximate surface area is 118 Å². The molecule has 0 aromatic heterocycles. The Morgan fingerprint density at radius 2 is 1.90 bits per heavy atom. The van der Waals surface area contributed by atoms with Gasteiger partial charge in [-0.3, -0.25) is 9.59 Å². The van der Waals surface area contributed by atoms with Gasteiger partial charge in [-0.15, -0.1) is 6.58 Å². The van der Waals surface area contributed by atoms with Gasteiger partial charge in [0.1, 0.15) is 6.54 Å². The lowest BCUT2D eigenvalue weighted by Gasteiger charge is -2.26. The van der Waals surface area contributed by atoms with Gasteiger partial charge in [-0.05, 0) is 12.1 Å². The fourth-order valence-corrected chi connectivity index (χ4v) is 1.71. The van der Waals surface area contributed by atoms with Gasteiger partial charge in [-0.1, -0.05) is 49.1 Å². The van der Waals surface area contributed by atoms with Gasteiger partial charge < -0.3 is 10.0 Å². The Balaban J connectivity index is 3.07. The van der Waals surface area contributed by atoms with E-state index >= 15 is 0 Å². The summed E-state index contributed by atoms with van der Waals surface area (Å²) in [5, 5.41) is 8.98. The van der Waals surface area contributed by atoms with Gasteiger partial charge in [0.15, 0.2) is 0 Å². The first kappa shape index (κ1) is 15.4. The fraction of sp³-hybridized carbons (Fsp3) is 0.125. The number of carboxylic acids is 1. The molecule has 0 saturated heterocycles. The molecule has 0 aliphatic carbocycles. The summed E-state index contributed by atoms with van der Waals surface area (Å²) >= 11 is 0. The van der Waals surface area contributed by atoms with Gasteiger partial charge in [0, 0.05) is 5.56 Å². The summed E-state index contributed by atoms with van der Waals surface area (Å²) < 4.78 is 0. The highest BCUT2D eigenvalue weighted by Gasteiger charge is 2.23. The van der Waals surface area contributed by atoms with Crippen molar-refractivity contribution < 1.29 is 14.7 Å². The Kier molecular flexibility index (Phi) is 5.97. The molecule has 0 saturated carbocycles. The second kappa shape index (κ2) is 7.74. The summed E-state index contributed by atoms with van der Waals surface area (Å²) in [5.41, 5.74) is 0.438. The van der Waals surface area contributed by atoms with Gasteiger partial charge in [0.25, 0.3) is 5.91 Å². The summed E-state index contributed by atoms with van der Waals surface area (Å²) in [6, 6.07) is 8.05. The van der Waals surface area contributed by atoms with E-state index < -0.39 is 18.6 Å². The van der Waals surface area contributed by atoms with Crippen LogP contribution < -0.4 is 0 Å². The molecule has 20 heavy (non-hydrogen) atoms. The van der Waals surface area contributed by atoms with Gasteiger partial charge in [0.05, 0.1) is 6.04 Å². The van der Waals surface area contributed by atoms with E-state index in [1.54, 1.807) is 48.6 Å². The number of allylic oxidation sites excluding steroid dienone is 2. The van der Waals surface area contributed by atoms with Crippen molar-refractivity contribution in [3.05, 3.63) is 73.4 Å². The minimum Gasteiger partial charge on any atom is -0.480 e. The number of aliphatic carboxylic acids is 1. The van der Waals surface area contributed by atoms with E-state index in [1.807, 2.05) is 0 Å². The molecule has 0 heterocycles. The van der Waals surface area contributed by atoms with Crippen molar-refractivity contribution in [1.82, 2.24) is 4.90 Å². The van der Waals surface area contributed by atoms with Crippen LogP contribution in [0, 0.1) is 0 Å². The molecular weight excluding hydrogens is 254 g/mol. The Hall–Kier alpha value is -2.62. The van der Waals surface area contributed by atoms with E-state index in [2.05, 4.69) is 13.2 Å². The molecule has 0 aliphatic heterocycles. The zero-order valence-electron chi connectivity index (χ0n) is 11.1. The monoisotopic (exact) mass is 271 g/mol. The molecule has 0 radical (unpaired) electrons. The molecule has 0 spiro atoms. The lowest BCUT2D eigenvalue weighted by Crippen LogP contribution is -2.41. The van der Waals surface area contributed by atoms with E-state index in [0.29, 0.717) is 5.56 Å².